The van der Waals surface area contributed by atoms with Gasteiger partial charge >= 0.3 is 0 Å². The predicted molar refractivity (Wildman–Crippen MR) is 162 cm³/mol. The summed E-state index contributed by atoms with van der Waals surface area (Å²) in [5.74, 6) is -0.168. The molecule has 0 saturated carbocycles. The second kappa shape index (κ2) is 28.8. The molecule has 0 radical (unpaired) electrons. The summed E-state index contributed by atoms with van der Waals surface area (Å²) >= 11 is 0. The molecule has 5 heteroatoms. The maximum Gasteiger partial charge on any atom is 0.220 e. The van der Waals surface area contributed by atoms with Crippen LogP contribution in [0.15, 0.2) is 24.3 Å². The predicted octanol–water partition coefficient (Wildman–Crippen LogP) is 7.92. The highest BCUT2D eigenvalue weighted by atomic mass is 16.3. The molecule has 0 aliphatic heterocycles. The number of aliphatic hydroxyl groups is 3. The molecule has 0 heterocycles. The van der Waals surface area contributed by atoms with E-state index in [4.69, 9.17) is 0 Å². The fourth-order valence-electron chi connectivity index (χ4n) is 4.68. The number of nitrogens with one attached hydrogen (secondary N) is 1. The number of amides is 1. The third-order valence-electron chi connectivity index (χ3n) is 7.28. The lowest BCUT2D eigenvalue weighted by Gasteiger charge is -2.26. The molecule has 0 spiro atoms. The smallest absolute Gasteiger partial charge is 0.220 e. The van der Waals surface area contributed by atoms with Crippen LogP contribution in [0.5, 0.6) is 0 Å². The summed E-state index contributed by atoms with van der Waals surface area (Å²) in [5, 5.41) is 33.1. The molecule has 0 saturated heterocycles. The third kappa shape index (κ3) is 23.9. The number of aliphatic hydroxyl groups excluding tert-OH is 3. The van der Waals surface area contributed by atoms with Gasteiger partial charge in [0.25, 0.3) is 0 Å². The highest BCUT2D eigenvalue weighted by Gasteiger charge is 2.26. The maximum atomic E-state index is 12.3. The molecule has 3 atom stereocenters. The standard InChI is InChI=1S/C33H63NO4/c1-3-5-7-9-11-13-15-17-19-21-23-25-27-31(36)33(38)30(29-35)34-32(37)28-26-24-22-20-18-16-14-12-10-8-6-4-2/h12,14,19,21,30-31,33,35-36,38H,3-11,13,15-18,20,22-29H2,1-2H3,(H,34,37)/b14-12-,21-19+. The summed E-state index contributed by atoms with van der Waals surface area (Å²) in [6.45, 7) is 4.09. The highest BCUT2D eigenvalue weighted by molar-refractivity contribution is 5.76. The number of hydrogen-bond donors (Lipinski definition) is 4. The van der Waals surface area contributed by atoms with E-state index in [9.17, 15) is 20.1 Å². The van der Waals surface area contributed by atoms with E-state index in [-0.39, 0.29) is 12.5 Å². The lowest BCUT2D eigenvalue weighted by atomic mass is 10.0. The minimum Gasteiger partial charge on any atom is -0.394 e. The van der Waals surface area contributed by atoms with Gasteiger partial charge in [-0.1, -0.05) is 109 Å². The SMILES string of the molecule is CCCCC/C=C\CCCCCCCC(=O)NC(CO)C(O)C(O)CCC/C=C/CCCCCCCCC. The van der Waals surface area contributed by atoms with Crippen molar-refractivity contribution in [1.29, 1.82) is 0 Å². The molecule has 0 aromatic carbocycles. The average molecular weight is 538 g/mol. The van der Waals surface area contributed by atoms with Crippen molar-refractivity contribution in [3.8, 4) is 0 Å². The van der Waals surface area contributed by atoms with E-state index in [1.165, 1.54) is 83.5 Å². The van der Waals surface area contributed by atoms with E-state index in [0.717, 1.165) is 44.9 Å². The molecule has 0 aliphatic carbocycles. The van der Waals surface area contributed by atoms with Gasteiger partial charge in [-0.2, -0.15) is 0 Å². The van der Waals surface area contributed by atoms with Crippen molar-refractivity contribution in [1.82, 2.24) is 5.32 Å². The topological polar surface area (TPSA) is 89.8 Å². The van der Waals surface area contributed by atoms with Crippen LogP contribution in [0.1, 0.15) is 155 Å². The number of carbonyl (C=O) groups excluding carboxylic acids is 1. The van der Waals surface area contributed by atoms with E-state index in [0.29, 0.717) is 12.8 Å². The molecular formula is C33H63NO4. The maximum absolute atomic E-state index is 12.3. The van der Waals surface area contributed by atoms with Crippen molar-refractivity contribution in [3.63, 3.8) is 0 Å². The van der Waals surface area contributed by atoms with Crippen LogP contribution in [0, 0.1) is 0 Å². The molecule has 3 unspecified atom stereocenters. The van der Waals surface area contributed by atoms with Gasteiger partial charge in [-0.05, 0) is 64.2 Å². The van der Waals surface area contributed by atoms with E-state index >= 15 is 0 Å². The largest absolute Gasteiger partial charge is 0.394 e. The van der Waals surface area contributed by atoms with Crippen LogP contribution in [-0.2, 0) is 4.79 Å². The van der Waals surface area contributed by atoms with Gasteiger partial charge in [0, 0.05) is 6.42 Å². The molecule has 38 heavy (non-hydrogen) atoms. The van der Waals surface area contributed by atoms with Crippen molar-refractivity contribution in [3.05, 3.63) is 24.3 Å². The Morgan fingerprint density at radius 2 is 1.05 bits per heavy atom. The van der Waals surface area contributed by atoms with Crippen LogP contribution < -0.4 is 5.32 Å². The molecule has 5 nitrogen and oxygen atoms in total. The number of hydrogen-bond acceptors (Lipinski definition) is 4. The molecule has 4 N–H and O–H groups in total. The molecule has 0 aromatic heterocycles. The monoisotopic (exact) mass is 537 g/mol. The fourth-order valence-corrected chi connectivity index (χ4v) is 4.68. The van der Waals surface area contributed by atoms with Gasteiger partial charge in [0.1, 0.15) is 6.10 Å². The molecule has 0 aliphatic rings. The Bertz CT molecular complexity index is 563. The van der Waals surface area contributed by atoms with Gasteiger partial charge in [0.15, 0.2) is 0 Å². The summed E-state index contributed by atoms with van der Waals surface area (Å²) < 4.78 is 0. The Morgan fingerprint density at radius 1 is 0.632 bits per heavy atom. The minimum atomic E-state index is -1.16. The molecule has 0 fully saturated rings. The normalized spacial score (nSPS) is 14.3. The lowest BCUT2D eigenvalue weighted by Crippen LogP contribution is -2.50. The van der Waals surface area contributed by atoms with E-state index in [1.807, 2.05) is 0 Å². The molecule has 224 valence electrons. The zero-order valence-electron chi connectivity index (χ0n) is 25.1. The first-order chi connectivity index (χ1) is 18.6. The van der Waals surface area contributed by atoms with Crippen LogP contribution in [0.3, 0.4) is 0 Å². The Morgan fingerprint density at radius 3 is 1.58 bits per heavy atom. The van der Waals surface area contributed by atoms with E-state index in [2.05, 4.69) is 43.5 Å². The first-order valence-electron chi connectivity index (χ1n) is 16.1. The number of unbranched alkanes of at least 4 members (excludes halogenated alkanes) is 16. The summed E-state index contributed by atoms with van der Waals surface area (Å²) in [6.07, 6.45) is 31.2. The average Bonchev–Trinajstić information content (AvgIpc) is 2.92. The second-order valence-electron chi connectivity index (χ2n) is 11.0. The molecule has 0 bridgehead atoms. The third-order valence-corrected chi connectivity index (χ3v) is 7.28. The summed E-state index contributed by atoms with van der Waals surface area (Å²) in [7, 11) is 0. The van der Waals surface area contributed by atoms with Crippen molar-refractivity contribution in [2.75, 3.05) is 6.61 Å². The number of carbonyl (C=O) groups is 1. The molecule has 0 rings (SSSR count). The first-order valence-corrected chi connectivity index (χ1v) is 16.1. The van der Waals surface area contributed by atoms with Crippen LogP contribution in [0.4, 0.5) is 0 Å². The van der Waals surface area contributed by atoms with Crippen LogP contribution in [0.25, 0.3) is 0 Å². The van der Waals surface area contributed by atoms with Crippen LogP contribution in [0.2, 0.25) is 0 Å². The van der Waals surface area contributed by atoms with Gasteiger partial charge in [-0.3, -0.25) is 4.79 Å². The quantitative estimate of drug-likeness (QED) is 0.0603. The van der Waals surface area contributed by atoms with Gasteiger partial charge in [-0.15, -0.1) is 0 Å². The summed E-state index contributed by atoms with van der Waals surface area (Å²) in [4.78, 5) is 12.3. The highest BCUT2D eigenvalue weighted by Crippen LogP contribution is 2.12. The van der Waals surface area contributed by atoms with Crippen molar-refractivity contribution in [2.45, 2.75) is 173 Å². The second-order valence-corrected chi connectivity index (χ2v) is 11.0. The first kappa shape index (κ1) is 36.8. The Hall–Kier alpha value is -1.17. The summed E-state index contributed by atoms with van der Waals surface area (Å²) in [5.41, 5.74) is 0. The Labute approximate surface area is 235 Å². The van der Waals surface area contributed by atoms with Crippen molar-refractivity contribution in [2.24, 2.45) is 0 Å². The van der Waals surface area contributed by atoms with E-state index in [1.54, 1.807) is 0 Å². The van der Waals surface area contributed by atoms with Gasteiger partial charge in [0.05, 0.1) is 18.8 Å². The lowest BCUT2D eigenvalue weighted by molar-refractivity contribution is -0.124. The minimum absolute atomic E-state index is 0.168. The Kier molecular flexibility index (Phi) is 27.9. The van der Waals surface area contributed by atoms with Crippen molar-refractivity contribution >= 4 is 5.91 Å². The number of rotatable bonds is 28. The Balaban J connectivity index is 3.82. The van der Waals surface area contributed by atoms with Crippen molar-refractivity contribution < 1.29 is 20.1 Å². The fraction of sp³-hybridized carbons (Fsp3) is 0.848. The zero-order valence-corrected chi connectivity index (χ0v) is 25.1. The van der Waals surface area contributed by atoms with Gasteiger partial charge in [0.2, 0.25) is 5.91 Å². The summed E-state index contributed by atoms with van der Waals surface area (Å²) in [6, 6.07) is -0.825. The van der Waals surface area contributed by atoms with E-state index < -0.39 is 18.2 Å². The number of allylic oxidation sites excluding steroid dienone is 4. The molecular weight excluding hydrogens is 474 g/mol. The zero-order chi connectivity index (χ0) is 28.1. The van der Waals surface area contributed by atoms with Crippen LogP contribution in [-0.4, -0.2) is 46.1 Å². The van der Waals surface area contributed by atoms with Gasteiger partial charge < -0.3 is 20.6 Å². The molecule has 1 amide bonds. The van der Waals surface area contributed by atoms with Crippen LogP contribution >= 0.6 is 0 Å². The van der Waals surface area contributed by atoms with Gasteiger partial charge in [-0.25, -0.2) is 0 Å². The molecule has 0 aromatic rings.